The molecule has 0 aliphatic carbocycles. The highest BCUT2D eigenvalue weighted by Gasteiger charge is 2.05. The average molecular weight is 370 g/mol. The summed E-state index contributed by atoms with van der Waals surface area (Å²) in [5.41, 5.74) is 1.73. The Hall–Kier alpha value is -2.56. The summed E-state index contributed by atoms with van der Waals surface area (Å²) in [6.07, 6.45) is 12.8. The third-order valence-electron chi connectivity index (χ3n) is 4.64. The monoisotopic (exact) mass is 370 g/mol. The number of carboxylic acids is 1. The zero-order chi connectivity index (χ0) is 19.3. The van der Waals surface area contributed by atoms with E-state index in [4.69, 9.17) is 5.11 Å². The van der Waals surface area contributed by atoms with Gasteiger partial charge in [-0.15, -0.1) is 0 Å². The highest BCUT2D eigenvalue weighted by Crippen LogP contribution is 2.11. The molecule has 5 heteroatoms. The summed E-state index contributed by atoms with van der Waals surface area (Å²) >= 11 is 0. The molecule has 0 saturated carbocycles. The smallest absolute Gasteiger partial charge is 0.303 e. The summed E-state index contributed by atoms with van der Waals surface area (Å²) in [6.45, 7) is 0.705. The van der Waals surface area contributed by atoms with Gasteiger partial charge in [0.2, 0.25) is 0 Å². The predicted octanol–water partition coefficient (Wildman–Crippen LogP) is 4.80. The molecule has 0 fully saturated rings. The fraction of sp³-hybridized carbons (Fsp3) is 0.455. The van der Waals surface area contributed by atoms with Crippen LogP contribution < -0.4 is 5.32 Å². The van der Waals surface area contributed by atoms with Crippen molar-refractivity contribution in [1.29, 1.82) is 0 Å². The first-order valence-corrected chi connectivity index (χ1v) is 9.90. The second kappa shape index (κ2) is 11.9. The molecule has 0 aliphatic rings. The first kappa shape index (κ1) is 20.7. The topological polar surface area (TPSA) is 71.3 Å². The van der Waals surface area contributed by atoms with E-state index in [1.165, 1.54) is 19.3 Å². The normalized spacial score (nSPS) is 10.7. The average Bonchev–Trinajstić information content (AvgIpc) is 3.20. The van der Waals surface area contributed by atoms with Crippen LogP contribution in [-0.4, -0.2) is 28.1 Å². The van der Waals surface area contributed by atoms with Crippen molar-refractivity contribution in [2.45, 2.75) is 57.8 Å². The van der Waals surface area contributed by atoms with Crippen LogP contribution in [0.5, 0.6) is 0 Å². The molecule has 1 aromatic carbocycles. The number of amides is 1. The highest BCUT2D eigenvalue weighted by molar-refractivity contribution is 5.94. The molecule has 146 valence electrons. The molecule has 1 aromatic heterocycles. The lowest BCUT2D eigenvalue weighted by atomic mass is 10.1. The van der Waals surface area contributed by atoms with Gasteiger partial charge in [-0.2, -0.15) is 0 Å². The van der Waals surface area contributed by atoms with Crippen LogP contribution in [0.1, 0.15) is 68.1 Å². The van der Waals surface area contributed by atoms with Gasteiger partial charge in [0.1, 0.15) is 0 Å². The van der Waals surface area contributed by atoms with Gasteiger partial charge in [-0.05, 0) is 49.2 Å². The van der Waals surface area contributed by atoms with Crippen molar-refractivity contribution in [2.75, 3.05) is 6.54 Å². The van der Waals surface area contributed by atoms with E-state index in [1.807, 2.05) is 53.4 Å². The zero-order valence-electron chi connectivity index (χ0n) is 15.9. The zero-order valence-corrected chi connectivity index (χ0v) is 15.9. The number of hydrogen-bond acceptors (Lipinski definition) is 2. The molecular formula is C22H30N2O3. The fourth-order valence-corrected chi connectivity index (χ4v) is 3.06. The van der Waals surface area contributed by atoms with Crippen molar-refractivity contribution < 1.29 is 14.7 Å². The molecule has 0 unspecified atom stereocenters. The van der Waals surface area contributed by atoms with Crippen LogP contribution in [0.3, 0.4) is 0 Å². The Morgan fingerprint density at radius 1 is 0.815 bits per heavy atom. The van der Waals surface area contributed by atoms with E-state index < -0.39 is 5.97 Å². The number of nitrogens with zero attached hydrogens (tertiary/aromatic N) is 1. The third-order valence-corrected chi connectivity index (χ3v) is 4.64. The van der Waals surface area contributed by atoms with Gasteiger partial charge in [0, 0.05) is 36.6 Å². The number of carbonyl (C=O) groups excluding carboxylic acids is 1. The quantitative estimate of drug-likeness (QED) is 0.497. The summed E-state index contributed by atoms with van der Waals surface area (Å²) in [7, 11) is 0. The van der Waals surface area contributed by atoms with E-state index in [2.05, 4.69) is 5.32 Å². The minimum atomic E-state index is -0.700. The Balaban J connectivity index is 1.50. The first-order chi connectivity index (χ1) is 13.2. The van der Waals surface area contributed by atoms with Crippen molar-refractivity contribution in [3.8, 4) is 5.69 Å². The molecule has 1 heterocycles. The van der Waals surface area contributed by atoms with Gasteiger partial charge in [-0.25, -0.2) is 0 Å². The second-order valence-corrected chi connectivity index (χ2v) is 6.87. The molecule has 2 N–H and O–H groups in total. The Morgan fingerprint density at radius 2 is 1.37 bits per heavy atom. The number of aromatic nitrogens is 1. The first-order valence-electron chi connectivity index (χ1n) is 9.90. The Kier molecular flexibility index (Phi) is 9.18. The molecule has 0 bridgehead atoms. The van der Waals surface area contributed by atoms with Crippen LogP contribution in [0.15, 0.2) is 48.8 Å². The van der Waals surface area contributed by atoms with Gasteiger partial charge in [0.05, 0.1) is 0 Å². The lowest BCUT2D eigenvalue weighted by Gasteiger charge is -2.07. The minimum Gasteiger partial charge on any atom is -0.481 e. The summed E-state index contributed by atoms with van der Waals surface area (Å²) in [4.78, 5) is 22.6. The van der Waals surface area contributed by atoms with Gasteiger partial charge in [-0.1, -0.05) is 38.5 Å². The number of hydrogen-bond donors (Lipinski definition) is 2. The van der Waals surface area contributed by atoms with Crippen molar-refractivity contribution in [3.05, 3.63) is 54.4 Å². The number of carbonyl (C=O) groups is 2. The lowest BCUT2D eigenvalue weighted by molar-refractivity contribution is -0.137. The van der Waals surface area contributed by atoms with Gasteiger partial charge in [0.15, 0.2) is 0 Å². The van der Waals surface area contributed by atoms with E-state index in [-0.39, 0.29) is 12.3 Å². The number of aliphatic carboxylic acids is 1. The molecule has 1 amide bonds. The Morgan fingerprint density at radius 3 is 1.96 bits per heavy atom. The van der Waals surface area contributed by atoms with E-state index in [1.54, 1.807) is 0 Å². The van der Waals surface area contributed by atoms with Gasteiger partial charge >= 0.3 is 5.97 Å². The van der Waals surface area contributed by atoms with Crippen molar-refractivity contribution in [3.63, 3.8) is 0 Å². The van der Waals surface area contributed by atoms with Crippen LogP contribution in [0.4, 0.5) is 0 Å². The van der Waals surface area contributed by atoms with E-state index in [9.17, 15) is 9.59 Å². The molecular weight excluding hydrogens is 340 g/mol. The van der Waals surface area contributed by atoms with E-state index in [0.717, 1.165) is 37.8 Å². The maximum Gasteiger partial charge on any atom is 0.303 e. The number of benzene rings is 1. The summed E-state index contributed by atoms with van der Waals surface area (Å²) in [5, 5.41) is 11.6. The molecule has 0 radical (unpaired) electrons. The van der Waals surface area contributed by atoms with E-state index in [0.29, 0.717) is 12.1 Å². The molecule has 0 spiro atoms. The van der Waals surface area contributed by atoms with Crippen LogP contribution in [-0.2, 0) is 4.79 Å². The molecule has 0 saturated heterocycles. The number of unbranched alkanes of at least 4 members (excludes halogenated alkanes) is 7. The van der Waals surface area contributed by atoms with Crippen LogP contribution >= 0.6 is 0 Å². The molecule has 0 atom stereocenters. The molecule has 2 rings (SSSR count). The number of nitrogens with one attached hydrogen (secondary N) is 1. The van der Waals surface area contributed by atoms with Gasteiger partial charge < -0.3 is 15.0 Å². The maximum atomic E-state index is 12.2. The molecule has 0 aliphatic heterocycles. The maximum absolute atomic E-state index is 12.2. The van der Waals surface area contributed by atoms with Crippen molar-refractivity contribution in [1.82, 2.24) is 9.88 Å². The molecule has 27 heavy (non-hydrogen) atoms. The van der Waals surface area contributed by atoms with Crippen LogP contribution in [0, 0.1) is 0 Å². The van der Waals surface area contributed by atoms with Crippen LogP contribution in [0.2, 0.25) is 0 Å². The minimum absolute atomic E-state index is 0.0208. The molecule has 2 aromatic rings. The lowest BCUT2D eigenvalue weighted by Crippen LogP contribution is -2.24. The number of carboxylic acid groups (broad SMARTS) is 1. The summed E-state index contributed by atoms with van der Waals surface area (Å²) < 4.78 is 2.01. The summed E-state index contributed by atoms with van der Waals surface area (Å²) in [6, 6.07) is 11.6. The second-order valence-electron chi connectivity index (χ2n) is 6.87. The molecule has 5 nitrogen and oxygen atoms in total. The van der Waals surface area contributed by atoms with Gasteiger partial charge in [-0.3, -0.25) is 9.59 Å². The van der Waals surface area contributed by atoms with Crippen molar-refractivity contribution >= 4 is 11.9 Å². The predicted molar refractivity (Wildman–Crippen MR) is 107 cm³/mol. The largest absolute Gasteiger partial charge is 0.481 e. The standard InChI is InChI=1S/C22H30N2O3/c25-21(26)11-7-5-3-1-2-4-6-8-16-23-22(27)19-12-14-20(15-13-19)24-17-9-10-18-24/h9-10,12-15,17-18H,1-8,11,16H2,(H,23,27)(H,25,26). The van der Waals surface area contributed by atoms with E-state index >= 15 is 0 Å². The van der Waals surface area contributed by atoms with Gasteiger partial charge in [0.25, 0.3) is 5.91 Å². The summed E-state index contributed by atoms with van der Waals surface area (Å²) in [5.74, 6) is -0.721. The SMILES string of the molecule is O=C(O)CCCCCCCCCCNC(=O)c1ccc(-n2cccc2)cc1. The Bertz CT molecular complexity index is 678. The number of rotatable bonds is 13. The fourth-order valence-electron chi connectivity index (χ4n) is 3.06. The Labute approximate surface area is 161 Å². The highest BCUT2D eigenvalue weighted by atomic mass is 16.4. The third kappa shape index (κ3) is 8.11. The van der Waals surface area contributed by atoms with Crippen molar-refractivity contribution in [2.24, 2.45) is 0 Å². The van der Waals surface area contributed by atoms with Crippen LogP contribution in [0.25, 0.3) is 5.69 Å².